The Balaban J connectivity index is 2.14. The summed E-state index contributed by atoms with van der Waals surface area (Å²) in [6.07, 6.45) is 0.371. The zero-order valence-electron chi connectivity index (χ0n) is 8.89. The third-order valence-corrected chi connectivity index (χ3v) is 3.15. The van der Waals surface area contributed by atoms with Gasteiger partial charge in [-0.2, -0.15) is 13.2 Å². The summed E-state index contributed by atoms with van der Waals surface area (Å²) in [7, 11) is 0. The molecule has 0 aromatic carbocycles. The minimum absolute atomic E-state index is 0.0567. The predicted octanol–water partition coefficient (Wildman–Crippen LogP) is 3.66. The molecule has 0 spiro atoms. The van der Waals surface area contributed by atoms with Crippen molar-refractivity contribution in [3.05, 3.63) is 0 Å². The van der Waals surface area contributed by atoms with E-state index in [0.717, 1.165) is 25.7 Å². The van der Waals surface area contributed by atoms with Gasteiger partial charge in [0.05, 0.1) is 6.10 Å². The van der Waals surface area contributed by atoms with Crippen LogP contribution < -0.4 is 0 Å². The lowest BCUT2D eigenvalue weighted by Crippen LogP contribution is -2.23. The van der Waals surface area contributed by atoms with Crippen LogP contribution in [0.15, 0.2) is 0 Å². The summed E-state index contributed by atoms with van der Waals surface area (Å²) in [5.41, 5.74) is 0. The SMILES string of the molecule is OC(CCCC(F)(F)F)C1CCCCC1. The quantitative estimate of drug-likeness (QED) is 0.772. The number of rotatable bonds is 4. The van der Waals surface area contributed by atoms with Crippen LogP contribution in [0.1, 0.15) is 51.4 Å². The fraction of sp³-hybridized carbons (Fsp3) is 1.00. The van der Waals surface area contributed by atoms with Crippen LogP contribution in [-0.2, 0) is 0 Å². The molecular weight excluding hydrogens is 205 g/mol. The molecule has 1 fully saturated rings. The van der Waals surface area contributed by atoms with Crippen LogP contribution in [0.25, 0.3) is 0 Å². The third kappa shape index (κ3) is 5.40. The number of hydrogen-bond donors (Lipinski definition) is 1. The topological polar surface area (TPSA) is 20.2 Å². The number of halogens is 3. The molecule has 0 aliphatic heterocycles. The number of aliphatic hydroxyl groups is 1. The highest BCUT2D eigenvalue weighted by Crippen LogP contribution is 2.30. The van der Waals surface area contributed by atoms with E-state index in [1.54, 1.807) is 0 Å². The molecule has 0 amide bonds. The monoisotopic (exact) mass is 224 g/mol. The van der Waals surface area contributed by atoms with Gasteiger partial charge in [0.2, 0.25) is 0 Å². The molecule has 0 aromatic rings. The summed E-state index contributed by atoms with van der Waals surface area (Å²) in [4.78, 5) is 0. The lowest BCUT2D eigenvalue weighted by Gasteiger charge is -2.26. The number of aliphatic hydroxyl groups excluding tert-OH is 1. The van der Waals surface area contributed by atoms with Crippen LogP contribution in [0.4, 0.5) is 13.2 Å². The van der Waals surface area contributed by atoms with Gasteiger partial charge >= 0.3 is 6.18 Å². The minimum atomic E-state index is -4.08. The van der Waals surface area contributed by atoms with Gasteiger partial charge in [0.15, 0.2) is 0 Å². The van der Waals surface area contributed by atoms with E-state index in [4.69, 9.17) is 0 Å². The summed E-state index contributed by atoms with van der Waals surface area (Å²) in [5, 5.41) is 9.70. The first-order valence-electron chi connectivity index (χ1n) is 5.74. The highest BCUT2D eigenvalue weighted by Gasteiger charge is 2.28. The van der Waals surface area contributed by atoms with E-state index in [0.29, 0.717) is 6.42 Å². The standard InChI is InChI=1S/C11H19F3O/c12-11(13,14)8-4-7-10(15)9-5-2-1-3-6-9/h9-10,15H,1-8H2. The maximum absolute atomic E-state index is 11.9. The van der Waals surface area contributed by atoms with Crippen LogP contribution in [0, 0.1) is 5.92 Å². The van der Waals surface area contributed by atoms with E-state index in [1.165, 1.54) is 6.42 Å². The molecule has 15 heavy (non-hydrogen) atoms. The maximum Gasteiger partial charge on any atom is 0.389 e. The highest BCUT2D eigenvalue weighted by atomic mass is 19.4. The summed E-state index contributed by atoms with van der Waals surface area (Å²) in [5.74, 6) is 0.243. The van der Waals surface area contributed by atoms with Gasteiger partial charge in [-0.05, 0) is 31.6 Å². The number of alkyl halides is 3. The predicted molar refractivity (Wildman–Crippen MR) is 52.5 cm³/mol. The molecule has 1 unspecified atom stereocenters. The van der Waals surface area contributed by atoms with Gasteiger partial charge in [-0.15, -0.1) is 0 Å². The van der Waals surface area contributed by atoms with E-state index in [9.17, 15) is 18.3 Å². The van der Waals surface area contributed by atoms with E-state index in [-0.39, 0.29) is 12.3 Å². The molecule has 1 aliphatic rings. The van der Waals surface area contributed by atoms with Crippen molar-refractivity contribution in [1.29, 1.82) is 0 Å². The van der Waals surface area contributed by atoms with Gasteiger partial charge in [-0.1, -0.05) is 19.3 Å². The van der Waals surface area contributed by atoms with Crippen molar-refractivity contribution in [3.8, 4) is 0 Å². The molecular formula is C11H19F3O. The second kappa shape index (κ2) is 5.73. The minimum Gasteiger partial charge on any atom is -0.393 e. The van der Waals surface area contributed by atoms with Crippen molar-refractivity contribution in [2.75, 3.05) is 0 Å². The Morgan fingerprint density at radius 3 is 2.27 bits per heavy atom. The molecule has 1 nitrogen and oxygen atoms in total. The smallest absolute Gasteiger partial charge is 0.389 e. The van der Waals surface area contributed by atoms with Gasteiger partial charge in [-0.3, -0.25) is 0 Å². The molecule has 0 heterocycles. The normalized spacial score (nSPS) is 21.6. The molecule has 0 radical (unpaired) electrons. The van der Waals surface area contributed by atoms with Gasteiger partial charge in [0.1, 0.15) is 0 Å². The number of hydrogen-bond acceptors (Lipinski definition) is 1. The van der Waals surface area contributed by atoms with E-state index in [1.807, 2.05) is 0 Å². The second-order valence-electron chi connectivity index (χ2n) is 4.47. The van der Waals surface area contributed by atoms with Crippen LogP contribution in [0.2, 0.25) is 0 Å². The molecule has 1 saturated carbocycles. The summed E-state index contributed by atoms with van der Waals surface area (Å²) < 4.78 is 35.6. The Kier molecular flexibility index (Phi) is 4.90. The molecule has 1 aliphatic carbocycles. The molecule has 1 atom stereocenters. The van der Waals surface area contributed by atoms with Gasteiger partial charge in [0, 0.05) is 6.42 Å². The Hall–Kier alpha value is -0.250. The second-order valence-corrected chi connectivity index (χ2v) is 4.47. The Morgan fingerprint density at radius 2 is 1.73 bits per heavy atom. The van der Waals surface area contributed by atoms with Crippen molar-refractivity contribution >= 4 is 0 Å². The Bertz CT molecular complexity index is 173. The molecule has 0 saturated heterocycles. The highest BCUT2D eigenvalue weighted by molar-refractivity contribution is 4.73. The van der Waals surface area contributed by atoms with Gasteiger partial charge in [0.25, 0.3) is 0 Å². The summed E-state index contributed by atoms with van der Waals surface area (Å²) in [6, 6.07) is 0. The molecule has 1 rings (SSSR count). The zero-order valence-corrected chi connectivity index (χ0v) is 8.89. The van der Waals surface area contributed by atoms with Crippen molar-refractivity contribution in [3.63, 3.8) is 0 Å². The lowest BCUT2D eigenvalue weighted by atomic mass is 9.83. The van der Waals surface area contributed by atoms with E-state index < -0.39 is 18.7 Å². The van der Waals surface area contributed by atoms with Gasteiger partial charge in [-0.25, -0.2) is 0 Å². The first-order valence-corrected chi connectivity index (χ1v) is 5.74. The summed E-state index contributed by atoms with van der Waals surface area (Å²) in [6.45, 7) is 0. The first-order chi connectivity index (χ1) is 6.99. The molecule has 0 bridgehead atoms. The molecule has 0 aromatic heterocycles. The van der Waals surface area contributed by atoms with Crippen molar-refractivity contribution in [2.24, 2.45) is 5.92 Å². The zero-order chi connectivity index (χ0) is 11.3. The summed E-state index contributed by atoms with van der Waals surface area (Å²) >= 11 is 0. The van der Waals surface area contributed by atoms with Crippen LogP contribution >= 0.6 is 0 Å². The van der Waals surface area contributed by atoms with Crippen molar-refractivity contribution in [1.82, 2.24) is 0 Å². The molecule has 1 N–H and O–H groups in total. The molecule has 4 heteroatoms. The van der Waals surface area contributed by atoms with Crippen LogP contribution in [0.5, 0.6) is 0 Å². The average Bonchev–Trinajstić information content (AvgIpc) is 2.17. The van der Waals surface area contributed by atoms with Crippen molar-refractivity contribution < 1.29 is 18.3 Å². The van der Waals surface area contributed by atoms with Crippen LogP contribution in [0.3, 0.4) is 0 Å². The lowest BCUT2D eigenvalue weighted by molar-refractivity contribution is -0.136. The third-order valence-electron chi connectivity index (χ3n) is 3.15. The van der Waals surface area contributed by atoms with E-state index in [2.05, 4.69) is 0 Å². The largest absolute Gasteiger partial charge is 0.393 e. The van der Waals surface area contributed by atoms with Crippen LogP contribution in [-0.4, -0.2) is 17.4 Å². The average molecular weight is 224 g/mol. The Morgan fingerprint density at radius 1 is 1.13 bits per heavy atom. The molecule has 90 valence electrons. The first kappa shape index (κ1) is 12.8. The fourth-order valence-corrected chi connectivity index (χ4v) is 2.27. The maximum atomic E-state index is 11.9. The van der Waals surface area contributed by atoms with Gasteiger partial charge < -0.3 is 5.11 Å². The van der Waals surface area contributed by atoms with Crippen molar-refractivity contribution in [2.45, 2.75) is 63.6 Å². The fourth-order valence-electron chi connectivity index (χ4n) is 2.27. The van der Waals surface area contributed by atoms with E-state index >= 15 is 0 Å². The Labute approximate surface area is 88.7 Å².